The molecule has 0 bridgehead atoms. The van der Waals surface area contributed by atoms with Gasteiger partial charge in [0.2, 0.25) is 0 Å². The van der Waals surface area contributed by atoms with Crippen LogP contribution >= 0.6 is 11.3 Å². The molecule has 134 valence electrons. The second kappa shape index (κ2) is 6.07. The van der Waals surface area contributed by atoms with Gasteiger partial charge in [-0.25, -0.2) is 18.5 Å². The Kier molecular flexibility index (Phi) is 4.33. The second-order valence-corrected chi connectivity index (χ2v) is 8.41. The van der Waals surface area contributed by atoms with Crippen LogP contribution in [0.4, 0.5) is 18.2 Å². The Morgan fingerprint density at radius 3 is 2.76 bits per heavy atom. The van der Waals surface area contributed by atoms with E-state index in [0.717, 1.165) is 17.4 Å². The van der Waals surface area contributed by atoms with Gasteiger partial charge in [0.25, 0.3) is 0 Å². The molecule has 25 heavy (non-hydrogen) atoms. The third kappa shape index (κ3) is 3.26. The molecule has 2 aromatic heterocycles. The van der Waals surface area contributed by atoms with Crippen LogP contribution in [0.1, 0.15) is 12.6 Å². The average Bonchev–Trinajstić information content (AvgIpc) is 2.99. The molecule has 0 amide bonds. The molecule has 0 aliphatic carbocycles. The lowest BCUT2D eigenvalue weighted by Gasteiger charge is -2.23. The van der Waals surface area contributed by atoms with Crippen molar-refractivity contribution in [2.24, 2.45) is 0 Å². The topological polar surface area (TPSA) is 83.4 Å². The van der Waals surface area contributed by atoms with Crippen LogP contribution in [0.5, 0.6) is 0 Å². The van der Waals surface area contributed by atoms with Crippen molar-refractivity contribution >= 4 is 32.3 Å². The summed E-state index contributed by atoms with van der Waals surface area (Å²) >= 11 is 0.876. The smallest absolute Gasteiger partial charge is 0.287 e. The number of sulfone groups is 1. The Bertz CT molecular complexity index is 952. The summed E-state index contributed by atoms with van der Waals surface area (Å²) < 4.78 is 63.1. The maximum Gasteiger partial charge on any atom is 0.414 e. The maximum absolute atomic E-state index is 12.9. The van der Waals surface area contributed by atoms with Gasteiger partial charge in [-0.15, -0.1) is 0 Å². The molecule has 0 saturated heterocycles. The van der Waals surface area contributed by atoms with E-state index >= 15 is 0 Å². The lowest BCUT2D eigenvalue weighted by molar-refractivity contribution is -0.0928. The number of fused-ring (bicyclic) bond motifs is 1. The monoisotopic (exact) mass is 391 g/mol. The van der Waals surface area contributed by atoms with Gasteiger partial charge in [-0.2, -0.15) is 13.2 Å². The highest BCUT2D eigenvalue weighted by Gasteiger charge is 2.38. The summed E-state index contributed by atoms with van der Waals surface area (Å²) in [5, 5.41) is 10.5. The third-order valence-corrected chi connectivity index (χ3v) is 6.40. The van der Waals surface area contributed by atoms with Crippen LogP contribution in [0, 0.1) is 0 Å². The number of hydroxylamine groups is 1. The SMILES string of the molecule is CCS(=O)(=O)c1cccnc1-c1nc2c(s1)N(O)CC(C(F)(F)F)=C2. The summed E-state index contributed by atoms with van der Waals surface area (Å²) in [6.07, 6.45) is -2.37. The lowest BCUT2D eigenvalue weighted by atomic mass is 10.1. The van der Waals surface area contributed by atoms with E-state index in [1.807, 2.05) is 0 Å². The van der Waals surface area contributed by atoms with Gasteiger partial charge in [-0.05, 0) is 18.2 Å². The summed E-state index contributed by atoms with van der Waals surface area (Å²) in [5.74, 6) is -0.152. The van der Waals surface area contributed by atoms with Gasteiger partial charge in [0.1, 0.15) is 21.4 Å². The fourth-order valence-electron chi connectivity index (χ4n) is 2.28. The number of halogens is 3. The van der Waals surface area contributed by atoms with Crippen molar-refractivity contribution in [3.63, 3.8) is 0 Å². The van der Waals surface area contributed by atoms with Crippen LogP contribution in [0.2, 0.25) is 0 Å². The van der Waals surface area contributed by atoms with E-state index in [0.29, 0.717) is 5.06 Å². The van der Waals surface area contributed by atoms with E-state index in [1.165, 1.54) is 25.3 Å². The summed E-state index contributed by atoms with van der Waals surface area (Å²) in [7, 11) is -3.59. The fourth-order valence-corrected chi connectivity index (χ4v) is 4.35. The highest BCUT2D eigenvalue weighted by molar-refractivity contribution is 7.91. The number of pyridine rings is 1. The number of hydrogen-bond acceptors (Lipinski definition) is 7. The van der Waals surface area contributed by atoms with Crippen molar-refractivity contribution in [2.75, 3.05) is 17.4 Å². The van der Waals surface area contributed by atoms with E-state index in [1.54, 1.807) is 0 Å². The van der Waals surface area contributed by atoms with Crippen molar-refractivity contribution in [1.82, 2.24) is 9.97 Å². The maximum atomic E-state index is 12.9. The molecule has 11 heteroatoms. The van der Waals surface area contributed by atoms with Gasteiger partial charge in [0.05, 0.1) is 22.8 Å². The standard InChI is InChI=1S/C14H12F3N3O3S2/c1-2-25(22,23)10-4-3-5-18-11(10)12-19-9-6-8(14(15,16)17)7-20(21)13(9)24-12/h3-6,21H,2,7H2,1H3. The molecule has 2 aromatic rings. The first-order valence-electron chi connectivity index (χ1n) is 7.06. The lowest BCUT2D eigenvalue weighted by Crippen LogP contribution is -2.30. The normalized spacial score (nSPS) is 15.1. The van der Waals surface area contributed by atoms with Crippen LogP contribution in [0.15, 0.2) is 28.8 Å². The molecule has 0 unspecified atom stereocenters. The van der Waals surface area contributed by atoms with E-state index in [2.05, 4.69) is 9.97 Å². The first-order chi connectivity index (χ1) is 11.6. The number of anilines is 1. The third-order valence-electron chi connectivity index (χ3n) is 3.55. The van der Waals surface area contributed by atoms with Gasteiger partial charge in [0.15, 0.2) is 9.84 Å². The van der Waals surface area contributed by atoms with Crippen molar-refractivity contribution < 1.29 is 26.8 Å². The Labute approximate surface area is 145 Å². The van der Waals surface area contributed by atoms with E-state index in [-0.39, 0.29) is 32.0 Å². The summed E-state index contributed by atoms with van der Waals surface area (Å²) in [5.41, 5.74) is -0.965. The van der Waals surface area contributed by atoms with E-state index < -0.39 is 28.1 Å². The first-order valence-corrected chi connectivity index (χ1v) is 9.53. The zero-order chi connectivity index (χ0) is 18.4. The molecule has 3 rings (SSSR count). The van der Waals surface area contributed by atoms with Gasteiger partial charge < -0.3 is 0 Å². The van der Waals surface area contributed by atoms with Gasteiger partial charge in [-0.1, -0.05) is 18.3 Å². The highest BCUT2D eigenvalue weighted by atomic mass is 32.2. The molecule has 0 fully saturated rings. The van der Waals surface area contributed by atoms with Crippen molar-refractivity contribution in [3.8, 4) is 10.7 Å². The molecule has 0 atom stereocenters. The Balaban J connectivity index is 2.14. The number of nitrogens with zero attached hydrogens (tertiary/aromatic N) is 3. The van der Waals surface area contributed by atoms with Crippen LogP contribution in [-0.4, -0.2) is 42.1 Å². The summed E-state index contributed by atoms with van der Waals surface area (Å²) in [6.45, 7) is 0.757. The molecule has 6 nitrogen and oxygen atoms in total. The predicted molar refractivity (Wildman–Crippen MR) is 86.2 cm³/mol. The quantitative estimate of drug-likeness (QED) is 0.865. The van der Waals surface area contributed by atoms with E-state index in [4.69, 9.17) is 0 Å². The number of aromatic nitrogens is 2. The average molecular weight is 391 g/mol. The minimum Gasteiger partial charge on any atom is -0.287 e. The second-order valence-electron chi connectivity index (χ2n) is 5.19. The number of hydrogen-bond donors (Lipinski definition) is 1. The highest BCUT2D eigenvalue weighted by Crippen LogP contribution is 2.41. The molecular formula is C14H12F3N3O3S2. The number of rotatable bonds is 3. The molecule has 0 spiro atoms. The molecule has 3 heterocycles. The summed E-state index contributed by atoms with van der Waals surface area (Å²) in [6, 6.07) is 2.83. The minimum absolute atomic E-state index is 0.0480. The zero-order valence-corrected chi connectivity index (χ0v) is 14.4. The molecule has 1 aliphatic heterocycles. The molecule has 1 aliphatic rings. The fraction of sp³-hybridized carbons (Fsp3) is 0.286. The van der Waals surface area contributed by atoms with Crippen LogP contribution in [0.25, 0.3) is 16.8 Å². The van der Waals surface area contributed by atoms with Crippen molar-refractivity contribution in [1.29, 1.82) is 0 Å². The Hall–Kier alpha value is -1.98. The van der Waals surface area contributed by atoms with E-state index in [9.17, 15) is 26.8 Å². The van der Waals surface area contributed by atoms with Crippen molar-refractivity contribution in [3.05, 3.63) is 29.6 Å². The van der Waals surface area contributed by atoms with Gasteiger partial charge >= 0.3 is 6.18 Å². The Morgan fingerprint density at radius 2 is 2.12 bits per heavy atom. The molecule has 0 aromatic carbocycles. The largest absolute Gasteiger partial charge is 0.414 e. The Morgan fingerprint density at radius 1 is 1.40 bits per heavy atom. The van der Waals surface area contributed by atoms with Gasteiger partial charge in [-0.3, -0.25) is 10.2 Å². The molecule has 0 saturated carbocycles. The number of thiazole rings is 1. The number of alkyl halides is 3. The van der Waals surface area contributed by atoms with Gasteiger partial charge in [0, 0.05) is 6.20 Å². The van der Waals surface area contributed by atoms with Crippen LogP contribution < -0.4 is 5.06 Å². The van der Waals surface area contributed by atoms with Crippen molar-refractivity contribution in [2.45, 2.75) is 18.0 Å². The van der Waals surface area contributed by atoms with Crippen LogP contribution in [0.3, 0.4) is 0 Å². The zero-order valence-electron chi connectivity index (χ0n) is 12.8. The molecule has 1 N–H and O–H groups in total. The molecular weight excluding hydrogens is 379 g/mol. The summed E-state index contributed by atoms with van der Waals surface area (Å²) in [4.78, 5) is 8.03. The first kappa shape index (κ1) is 17.8. The minimum atomic E-state index is -4.59. The molecule has 0 radical (unpaired) electrons. The van der Waals surface area contributed by atoms with Crippen LogP contribution in [-0.2, 0) is 9.84 Å². The predicted octanol–water partition coefficient (Wildman–Crippen LogP) is 3.15.